The summed E-state index contributed by atoms with van der Waals surface area (Å²) < 4.78 is 11.2. The van der Waals surface area contributed by atoms with E-state index in [-0.39, 0.29) is 22.6 Å². The molecular weight excluding hydrogens is 574 g/mol. The second kappa shape index (κ2) is 11.4. The Labute approximate surface area is 249 Å². The topological polar surface area (TPSA) is 119 Å². The Morgan fingerprint density at radius 3 is 2.55 bits per heavy atom. The van der Waals surface area contributed by atoms with Crippen LogP contribution in [0.5, 0.6) is 5.75 Å². The van der Waals surface area contributed by atoms with Crippen LogP contribution >= 0.6 is 23.1 Å². The van der Waals surface area contributed by atoms with Gasteiger partial charge in [-0.05, 0) is 53.9 Å². The first-order valence-electron chi connectivity index (χ1n) is 13.1. The number of carbonyl (C=O) groups excluding carboxylic acids is 3. The Bertz CT molecular complexity index is 1720. The number of aromatic nitrogens is 2. The van der Waals surface area contributed by atoms with E-state index in [9.17, 15) is 19.5 Å². The van der Waals surface area contributed by atoms with E-state index in [0.717, 1.165) is 16.9 Å². The summed E-state index contributed by atoms with van der Waals surface area (Å²) in [4.78, 5) is 40.4. The highest BCUT2D eigenvalue weighted by Crippen LogP contribution is 2.44. The monoisotopic (exact) mass is 599 g/mol. The van der Waals surface area contributed by atoms with Crippen LogP contribution in [-0.4, -0.2) is 46.2 Å². The molecule has 1 amide bonds. The lowest BCUT2D eigenvalue weighted by atomic mass is 9.94. The molecule has 0 saturated carbocycles. The highest BCUT2D eigenvalue weighted by Gasteiger charge is 2.48. The molecule has 2 aliphatic rings. The first-order valence-corrected chi connectivity index (χ1v) is 14.9. The zero-order valence-corrected chi connectivity index (χ0v) is 24.3. The minimum Gasteiger partial charge on any atom is -0.507 e. The Balaban J connectivity index is 1.40. The average molecular weight is 600 g/mol. The molecule has 2 aliphatic heterocycles. The maximum Gasteiger partial charge on any atom is 0.337 e. The summed E-state index contributed by atoms with van der Waals surface area (Å²) in [6.07, 6.45) is 0.667. The molecule has 9 nitrogen and oxygen atoms in total. The van der Waals surface area contributed by atoms with Gasteiger partial charge in [0, 0.05) is 17.7 Å². The number of aliphatic hydroxyl groups excluding tert-OH is 1. The standard InChI is InChI=1S/C31H25N3O6S2/c1-17-14-22-15-21(12-13-23(22)40-17)26(35)24-25(19-8-10-20(11-9-19)29(38)39-2)34(28(37)27(24)36)30-32-33-31(42-30)41-16-18-6-4-3-5-7-18/h3-13,15,17,25,35H,14,16H2,1-2H3/b26-24+/t17-,25+/m1/s1. The van der Waals surface area contributed by atoms with E-state index in [2.05, 4.69) is 10.2 Å². The number of ketones is 1. The van der Waals surface area contributed by atoms with E-state index in [1.807, 2.05) is 37.3 Å². The number of thioether (sulfide) groups is 1. The number of aliphatic hydroxyl groups is 1. The molecule has 0 bridgehead atoms. The van der Waals surface area contributed by atoms with Crippen LogP contribution in [0.1, 0.15) is 45.6 Å². The zero-order chi connectivity index (χ0) is 29.4. The number of hydrogen-bond donors (Lipinski definition) is 1. The molecule has 0 spiro atoms. The van der Waals surface area contributed by atoms with Gasteiger partial charge in [0.1, 0.15) is 17.6 Å². The molecule has 0 aliphatic carbocycles. The predicted octanol–water partition coefficient (Wildman–Crippen LogP) is 5.57. The largest absolute Gasteiger partial charge is 0.507 e. The molecular formula is C31H25N3O6S2. The Kier molecular flexibility index (Phi) is 7.53. The fourth-order valence-electron chi connectivity index (χ4n) is 5.07. The van der Waals surface area contributed by atoms with Gasteiger partial charge in [-0.2, -0.15) is 0 Å². The van der Waals surface area contributed by atoms with Crippen molar-refractivity contribution in [3.8, 4) is 5.75 Å². The van der Waals surface area contributed by atoms with E-state index in [0.29, 0.717) is 33.2 Å². The Morgan fingerprint density at radius 1 is 1.07 bits per heavy atom. The van der Waals surface area contributed by atoms with E-state index in [4.69, 9.17) is 9.47 Å². The van der Waals surface area contributed by atoms with Crippen LogP contribution in [0.2, 0.25) is 0 Å². The summed E-state index contributed by atoms with van der Waals surface area (Å²) in [6, 6.07) is 20.5. The number of Topliss-reactive ketones (excluding diaryl/α,β-unsaturated/α-hetero) is 1. The molecule has 11 heteroatoms. The normalized spacial score (nSPS) is 19.0. The third-order valence-electron chi connectivity index (χ3n) is 7.07. The van der Waals surface area contributed by atoms with Gasteiger partial charge in [-0.1, -0.05) is 65.6 Å². The number of rotatable bonds is 7. The fraction of sp³-hybridized carbons (Fsp3) is 0.194. The summed E-state index contributed by atoms with van der Waals surface area (Å²) in [5.74, 6) is -1.10. The number of methoxy groups -OCH3 is 1. The van der Waals surface area contributed by atoms with Crippen LogP contribution in [0.25, 0.3) is 5.76 Å². The first-order chi connectivity index (χ1) is 20.3. The number of ether oxygens (including phenoxy) is 2. The van der Waals surface area contributed by atoms with Gasteiger partial charge in [-0.3, -0.25) is 14.5 Å². The quantitative estimate of drug-likeness (QED) is 0.0727. The zero-order valence-electron chi connectivity index (χ0n) is 22.6. The van der Waals surface area contributed by atoms with Crippen LogP contribution in [-0.2, 0) is 26.5 Å². The number of amides is 1. The number of anilines is 1. The van der Waals surface area contributed by atoms with Gasteiger partial charge in [-0.15, -0.1) is 10.2 Å². The molecule has 3 aromatic carbocycles. The van der Waals surface area contributed by atoms with Crippen molar-refractivity contribution in [2.75, 3.05) is 12.0 Å². The van der Waals surface area contributed by atoms with E-state index < -0.39 is 23.7 Å². The maximum absolute atomic E-state index is 13.6. The van der Waals surface area contributed by atoms with Crippen molar-refractivity contribution in [2.45, 2.75) is 35.6 Å². The van der Waals surface area contributed by atoms with Gasteiger partial charge in [0.2, 0.25) is 5.13 Å². The molecule has 6 rings (SSSR count). The highest BCUT2D eigenvalue weighted by molar-refractivity contribution is 8.00. The predicted molar refractivity (Wildman–Crippen MR) is 159 cm³/mol. The molecule has 1 aromatic heterocycles. The van der Waals surface area contributed by atoms with Crippen molar-refractivity contribution in [1.29, 1.82) is 0 Å². The van der Waals surface area contributed by atoms with Crippen molar-refractivity contribution in [1.82, 2.24) is 10.2 Å². The fourth-order valence-corrected chi connectivity index (χ4v) is 6.89. The van der Waals surface area contributed by atoms with Gasteiger partial charge < -0.3 is 14.6 Å². The SMILES string of the molecule is COC(=O)c1ccc([C@H]2/C(=C(\O)c3ccc4c(c3)C[C@@H](C)O4)C(=O)C(=O)N2c2nnc(SCc3ccccc3)s2)cc1. The molecule has 42 heavy (non-hydrogen) atoms. The summed E-state index contributed by atoms with van der Waals surface area (Å²) in [7, 11) is 1.29. The van der Waals surface area contributed by atoms with Gasteiger partial charge >= 0.3 is 11.9 Å². The third-order valence-corrected chi connectivity index (χ3v) is 9.20. The lowest BCUT2D eigenvalue weighted by molar-refractivity contribution is -0.132. The van der Waals surface area contributed by atoms with Crippen molar-refractivity contribution in [3.63, 3.8) is 0 Å². The second-order valence-corrected chi connectivity index (χ2v) is 12.0. The molecule has 1 saturated heterocycles. The average Bonchev–Trinajstić information content (AvgIpc) is 3.70. The van der Waals surface area contributed by atoms with Crippen molar-refractivity contribution in [3.05, 3.63) is 106 Å². The van der Waals surface area contributed by atoms with E-state index >= 15 is 0 Å². The van der Waals surface area contributed by atoms with Crippen molar-refractivity contribution < 1.29 is 29.0 Å². The lowest BCUT2D eigenvalue weighted by Crippen LogP contribution is -2.29. The number of esters is 1. The first kappa shape index (κ1) is 27.7. The van der Waals surface area contributed by atoms with Crippen LogP contribution in [0.15, 0.2) is 82.7 Å². The van der Waals surface area contributed by atoms with Crippen LogP contribution in [0, 0.1) is 0 Å². The molecule has 1 fully saturated rings. The third kappa shape index (κ3) is 5.17. The van der Waals surface area contributed by atoms with Crippen LogP contribution in [0.3, 0.4) is 0 Å². The van der Waals surface area contributed by atoms with Gasteiger partial charge in [0.15, 0.2) is 4.34 Å². The molecule has 3 heterocycles. The minimum absolute atomic E-state index is 0.00246. The summed E-state index contributed by atoms with van der Waals surface area (Å²) >= 11 is 2.66. The van der Waals surface area contributed by atoms with Crippen LogP contribution < -0.4 is 9.64 Å². The second-order valence-electron chi connectivity index (χ2n) is 9.86. The Morgan fingerprint density at radius 2 is 1.81 bits per heavy atom. The van der Waals surface area contributed by atoms with Crippen molar-refractivity contribution in [2.24, 2.45) is 0 Å². The van der Waals surface area contributed by atoms with E-state index in [1.54, 1.807) is 42.5 Å². The molecule has 1 N–H and O–H groups in total. The lowest BCUT2D eigenvalue weighted by Gasteiger charge is -2.22. The molecule has 0 radical (unpaired) electrons. The number of benzene rings is 3. The summed E-state index contributed by atoms with van der Waals surface area (Å²) in [5, 5.41) is 20.3. The molecule has 212 valence electrons. The summed E-state index contributed by atoms with van der Waals surface area (Å²) in [5.41, 5.74) is 3.16. The van der Waals surface area contributed by atoms with Crippen LogP contribution in [0.4, 0.5) is 5.13 Å². The summed E-state index contributed by atoms with van der Waals surface area (Å²) in [6.45, 7) is 1.96. The number of hydrogen-bond acceptors (Lipinski definition) is 10. The van der Waals surface area contributed by atoms with Gasteiger partial charge in [0.05, 0.1) is 24.3 Å². The number of fused-ring (bicyclic) bond motifs is 1. The van der Waals surface area contributed by atoms with E-state index in [1.165, 1.54) is 35.1 Å². The van der Waals surface area contributed by atoms with Gasteiger partial charge in [-0.25, -0.2) is 4.79 Å². The Hall–Kier alpha value is -4.48. The minimum atomic E-state index is -1.000. The van der Waals surface area contributed by atoms with Crippen molar-refractivity contribution >= 4 is 51.6 Å². The molecule has 0 unspecified atom stereocenters. The smallest absolute Gasteiger partial charge is 0.337 e. The maximum atomic E-state index is 13.6. The number of carbonyl (C=O) groups is 3. The highest BCUT2D eigenvalue weighted by atomic mass is 32.2. The molecule has 4 aromatic rings. The van der Waals surface area contributed by atoms with Gasteiger partial charge in [0.25, 0.3) is 5.78 Å². The number of nitrogens with zero attached hydrogens (tertiary/aromatic N) is 3. The molecule has 2 atom stereocenters.